The first kappa shape index (κ1) is 22.5. The topological polar surface area (TPSA) is 108 Å². The zero-order valence-electron chi connectivity index (χ0n) is 15.5. The van der Waals surface area contributed by atoms with Crippen LogP contribution in [0.3, 0.4) is 0 Å². The first-order chi connectivity index (χ1) is 13.6. The van der Waals surface area contributed by atoms with Gasteiger partial charge in [-0.1, -0.05) is 17.7 Å². The number of sulfonamides is 1. The second-order valence-corrected chi connectivity index (χ2v) is 8.48. The highest BCUT2D eigenvalue weighted by Crippen LogP contribution is 2.16. The van der Waals surface area contributed by atoms with Crippen LogP contribution in [0.4, 0.5) is 4.39 Å². The molecule has 0 aliphatic heterocycles. The van der Waals surface area contributed by atoms with Crippen molar-refractivity contribution in [3.8, 4) is 0 Å². The van der Waals surface area contributed by atoms with Gasteiger partial charge < -0.3 is 5.32 Å². The maximum atomic E-state index is 13.6. The Morgan fingerprint density at radius 1 is 1.17 bits per heavy atom. The number of nitrogens with one attached hydrogen (secondary N) is 2. The van der Waals surface area contributed by atoms with Crippen LogP contribution in [0.5, 0.6) is 0 Å². The van der Waals surface area contributed by atoms with E-state index in [9.17, 15) is 22.4 Å². The van der Waals surface area contributed by atoms with Crippen molar-refractivity contribution in [2.45, 2.75) is 4.90 Å². The molecule has 0 aliphatic carbocycles. The third-order valence-corrected chi connectivity index (χ3v) is 5.85. The lowest BCUT2D eigenvalue weighted by molar-refractivity contribution is -0.120. The van der Waals surface area contributed by atoms with Gasteiger partial charge in [0.15, 0.2) is 0 Å². The van der Waals surface area contributed by atoms with Crippen molar-refractivity contribution in [2.24, 2.45) is 5.10 Å². The standard InChI is InChI=1S/C18H18ClFN4O4S/c1-24(2)29(27,28)13-8-6-12(7-9-13)18(26)21-11-17(25)23-22-10-14-15(19)4-3-5-16(14)20/h3-10H,11H2,1-2H3,(H,21,26)(H,23,25)/b22-10+. The van der Waals surface area contributed by atoms with Gasteiger partial charge in [-0.25, -0.2) is 22.5 Å². The minimum Gasteiger partial charge on any atom is -0.343 e. The molecule has 154 valence electrons. The van der Waals surface area contributed by atoms with Crippen LogP contribution in [0.15, 0.2) is 52.5 Å². The number of carbonyl (C=O) groups excluding carboxylic acids is 2. The van der Waals surface area contributed by atoms with Gasteiger partial charge >= 0.3 is 0 Å². The summed E-state index contributed by atoms with van der Waals surface area (Å²) >= 11 is 5.83. The molecule has 0 radical (unpaired) electrons. The molecule has 8 nitrogen and oxygen atoms in total. The summed E-state index contributed by atoms with van der Waals surface area (Å²) in [6.45, 7) is -0.390. The number of nitrogens with zero attached hydrogens (tertiary/aromatic N) is 2. The Hall–Kier alpha value is -2.82. The van der Waals surface area contributed by atoms with Crippen LogP contribution in [0.2, 0.25) is 5.02 Å². The molecule has 0 fully saturated rings. The van der Waals surface area contributed by atoms with Crippen LogP contribution in [-0.4, -0.2) is 51.4 Å². The molecule has 2 rings (SSSR count). The van der Waals surface area contributed by atoms with Gasteiger partial charge in [-0.3, -0.25) is 9.59 Å². The predicted molar refractivity (Wildman–Crippen MR) is 107 cm³/mol. The Balaban J connectivity index is 1.90. The molecule has 11 heteroatoms. The summed E-state index contributed by atoms with van der Waals surface area (Å²) < 4.78 is 38.6. The molecule has 0 unspecified atom stereocenters. The molecule has 2 N–H and O–H groups in total. The van der Waals surface area contributed by atoms with Gasteiger partial charge in [0.2, 0.25) is 10.0 Å². The zero-order chi connectivity index (χ0) is 21.6. The van der Waals surface area contributed by atoms with Crippen molar-refractivity contribution in [2.75, 3.05) is 20.6 Å². The van der Waals surface area contributed by atoms with Crippen LogP contribution >= 0.6 is 11.6 Å². The van der Waals surface area contributed by atoms with Gasteiger partial charge in [-0.15, -0.1) is 0 Å². The minimum atomic E-state index is -3.60. The van der Waals surface area contributed by atoms with Crippen LogP contribution in [0.1, 0.15) is 15.9 Å². The van der Waals surface area contributed by atoms with Crippen LogP contribution < -0.4 is 10.7 Å². The van der Waals surface area contributed by atoms with Gasteiger partial charge in [-0.2, -0.15) is 5.10 Å². The van der Waals surface area contributed by atoms with E-state index in [1.165, 1.54) is 56.6 Å². The molecule has 29 heavy (non-hydrogen) atoms. The summed E-state index contributed by atoms with van der Waals surface area (Å²) in [5, 5.41) is 6.10. The molecule has 0 spiro atoms. The Morgan fingerprint density at radius 3 is 2.41 bits per heavy atom. The second kappa shape index (κ2) is 9.59. The number of hydrogen-bond acceptors (Lipinski definition) is 5. The number of halogens is 2. The summed E-state index contributed by atoms with van der Waals surface area (Å²) in [5.41, 5.74) is 2.34. The zero-order valence-corrected chi connectivity index (χ0v) is 17.1. The van der Waals surface area contributed by atoms with E-state index in [2.05, 4.69) is 15.8 Å². The number of hydrogen-bond donors (Lipinski definition) is 2. The number of benzene rings is 2. The normalized spacial score (nSPS) is 11.6. The molecule has 2 aromatic carbocycles. The highest BCUT2D eigenvalue weighted by Gasteiger charge is 2.17. The fourth-order valence-electron chi connectivity index (χ4n) is 2.09. The molecular formula is C18H18ClFN4O4S. The molecule has 0 bridgehead atoms. The highest BCUT2D eigenvalue weighted by molar-refractivity contribution is 7.89. The Kier molecular flexibility index (Phi) is 7.43. The lowest BCUT2D eigenvalue weighted by Crippen LogP contribution is -2.35. The number of hydrazone groups is 1. The number of rotatable bonds is 7. The Morgan fingerprint density at radius 2 is 1.83 bits per heavy atom. The molecule has 0 heterocycles. The van der Waals surface area contributed by atoms with Gasteiger partial charge in [0.25, 0.3) is 11.8 Å². The summed E-state index contributed by atoms with van der Waals surface area (Å²) in [5.74, 6) is -1.81. The fraction of sp³-hybridized carbons (Fsp3) is 0.167. The minimum absolute atomic E-state index is 0.0197. The van der Waals surface area contributed by atoms with Crippen molar-refractivity contribution in [3.05, 3.63) is 64.4 Å². The van der Waals surface area contributed by atoms with Gasteiger partial charge in [0, 0.05) is 25.2 Å². The molecule has 2 aromatic rings. The van der Waals surface area contributed by atoms with E-state index in [1.54, 1.807) is 0 Å². The average molecular weight is 441 g/mol. The van der Waals surface area contributed by atoms with Gasteiger partial charge in [-0.05, 0) is 36.4 Å². The lowest BCUT2D eigenvalue weighted by atomic mass is 10.2. The van der Waals surface area contributed by atoms with E-state index < -0.39 is 27.7 Å². The highest BCUT2D eigenvalue weighted by atomic mass is 35.5. The summed E-state index contributed by atoms with van der Waals surface area (Å²) in [7, 11) is -0.799. The molecular weight excluding hydrogens is 423 g/mol. The van der Waals surface area contributed by atoms with E-state index in [0.29, 0.717) is 0 Å². The van der Waals surface area contributed by atoms with Crippen molar-refractivity contribution in [1.29, 1.82) is 0 Å². The van der Waals surface area contributed by atoms with Crippen LogP contribution in [-0.2, 0) is 14.8 Å². The third kappa shape index (κ3) is 5.83. The first-order valence-electron chi connectivity index (χ1n) is 8.19. The smallest absolute Gasteiger partial charge is 0.259 e. The van der Waals surface area contributed by atoms with Crippen LogP contribution in [0, 0.1) is 5.82 Å². The second-order valence-electron chi connectivity index (χ2n) is 5.92. The van der Waals surface area contributed by atoms with Crippen molar-refractivity contribution in [1.82, 2.24) is 15.0 Å². The quantitative estimate of drug-likeness (QED) is 0.503. The van der Waals surface area contributed by atoms with E-state index >= 15 is 0 Å². The number of carbonyl (C=O) groups is 2. The maximum absolute atomic E-state index is 13.6. The van der Waals surface area contributed by atoms with E-state index in [0.717, 1.165) is 10.5 Å². The third-order valence-electron chi connectivity index (χ3n) is 3.69. The van der Waals surface area contributed by atoms with Crippen LogP contribution in [0.25, 0.3) is 0 Å². The largest absolute Gasteiger partial charge is 0.343 e. The Bertz CT molecular complexity index is 1020. The lowest BCUT2D eigenvalue weighted by Gasteiger charge is -2.11. The number of amides is 2. The molecule has 2 amide bonds. The SMILES string of the molecule is CN(C)S(=O)(=O)c1ccc(C(=O)NCC(=O)N/N=C/c2c(F)cccc2Cl)cc1. The first-order valence-corrected chi connectivity index (χ1v) is 10.0. The van der Waals surface area contributed by atoms with E-state index in [1.807, 2.05) is 0 Å². The summed E-state index contributed by atoms with van der Waals surface area (Å²) in [6.07, 6.45) is 1.06. The predicted octanol–water partition coefficient (Wildman–Crippen LogP) is 1.61. The Labute approximate surface area is 172 Å². The molecule has 0 saturated carbocycles. The summed E-state index contributed by atoms with van der Waals surface area (Å²) in [4.78, 5) is 23.9. The van der Waals surface area contributed by atoms with Gasteiger partial charge in [0.05, 0.1) is 22.7 Å². The molecule has 0 aromatic heterocycles. The summed E-state index contributed by atoms with van der Waals surface area (Å²) in [6, 6.07) is 9.38. The molecule has 0 saturated heterocycles. The van der Waals surface area contributed by atoms with Gasteiger partial charge in [0.1, 0.15) is 5.82 Å². The maximum Gasteiger partial charge on any atom is 0.259 e. The van der Waals surface area contributed by atoms with E-state index in [-0.39, 0.29) is 27.6 Å². The monoisotopic (exact) mass is 440 g/mol. The average Bonchev–Trinajstić information content (AvgIpc) is 2.68. The molecule has 0 aliphatic rings. The van der Waals surface area contributed by atoms with Crippen molar-refractivity contribution in [3.63, 3.8) is 0 Å². The van der Waals surface area contributed by atoms with Crippen molar-refractivity contribution >= 4 is 39.7 Å². The molecule has 0 atom stereocenters. The van der Waals surface area contributed by atoms with E-state index in [4.69, 9.17) is 11.6 Å². The fourth-order valence-corrected chi connectivity index (χ4v) is 3.21. The van der Waals surface area contributed by atoms with Crippen molar-refractivity contribution < 1.29 is 22.4 Å².